The number of carbonyl (C=O) groups excluding carboxylic acids is 2. The number of carbonyl (C=O) groups is 2. The molecule has 0 saturated carbocycles. The van der Waals surface area contributed by atoms with Gasteiger partial charge in [0.25, 0.3) is 11.8 Å². The Morgan fingerprint density at radius 2 is 1.70 bits per heavy atom. The molecule has 4 rings (SSSR count). The molecule has 168 valence electrons. The van der Waals surface area contributed by atoms with Gasteiger partial charge in [-0.05, 0) is 30.3 Å². The third-order valence-electron chi connectivity index (χ3n) is 5.37. The van der Waals surface area contributed by atoms with Crippen LogP contribution in [0.3, 0.4) is 0 Å². The van der Waals surface area contributed by atoms with Crippen molar-refractivity contribution < 1.29 is 14.3 Å². The highest BCUT2D eigenvalue weighted by Crippen LogP contribution is 2.45. The minimum Gasteiger partial charge on any atom is -0.497 e. The smallest absolute Gasteiger partial charge is 0.271 e. The van der Waals surface area contributed by atoms with Crippen LogP contribution in [0, 0.1) is 0 Å². The molecule has 2 aromatic rings. The molecule has 0 aliphatic carbocycles. The van der Waals surface area contributed by atoms with Crippen molar-refractivity contribution in [2.45, 2.75) is 0 Å². The van der Waals surface area contributed by atoms with Crippen molar-refractivity contribution in [3.63, 3.8) is 0 Å². The van der Waals surface area contributed by atoms with Crippen molar-refractivity contribution in [3.8, 4) is 5.75 Å². The molecule has 2 aromatic carbocycles. The van der Waals surface area contributed by atoms with E-state index in [0.29, 0.717) is 46.0 Å². The van der Waals surface area contributed by atoms with E-state index >= 15 is 0 Å². The summed E-state index contributed by atoms with van der Waals surface area (Å²) in [6.45, 7) is 9.17. The summed E-state index contributed by atoms with van der Waals surface area (Å²) in [5.41, 5.74) is 2.52. The summed E-state index contributed by atoms with van der Waals surface area (Å²) in [6, 6.07) is 14.6. The second kappa shape index (κ2) is 9.74. The summed E-state index contributed by atoms with van der Waals surface area (Å²) in [7, 11) is 1.58. The molecule has 2 aliphatic rings. The Morgan fingerprint density at radius 3 is 2.33 bits per heavy atom. The minimum atomic E-state index is -0.302. The number of hydrogen-bond donors (Lipinski definition) is 0. The van der Waals surface area contributed by atoms with Gasteiger partial charge in [-0.2, -0.15) is 0 Å². The van der Waals surface area contributed by atoms with Gasteiger partial charge in [-0.15, -0.1) is 13.2 Å². The molecule has 0 atom stereocenters. The molecule has 8 heteroatoms. The Hall–Kier alpha value is -3.20. The highest BCUT2D eigenvalue weighted by Gasteiger charge is 2.42. The lowest BCUT2D eigenvalue weighted by Crippen LogP contribution is -2.40. The van der Waals surface area contributed by atoms with E-state index in [1.165, 1.54) is 4.90 Å². The van der Waals surface area contributed by atoms with Crippen molar-refractivity contribution in [3.05, 3.63) is 84.3 Å². The first-order valence-electron chi connectivity index (χ1n) is 10.3. The number of methoxy groups -OCH3 is 1. The maximum atomic E-state index is 13.6. The molecule has 0 radical (unpaired) electrons. The zero-order valence-electron chi connectivity index (χ0n) is 18.2. The number of hydrogen-bond acceptors (Lipinski definition) is 6. The highest BCUT2D eigenvalue weighted by atomic mass is 32.2. The van der Waals surface area contributed by atoms with E-state index in [0.717, 1.165) is 23.0 Å². The molecular formula is C25H23N3O3S2. The molecule has 6 nitrogen and oxygen atoms in total. The molecule has 1 saturated heterocycles. The van der Waals surface area contributed by atoms with Crippen LogP contribution in [0.25, 0.3) is 5.57 Å². The summed E-state index contributed by atoms with van der Waals surface area (Å²) in [4.78, 5) is 32.6. The number of benzene rings is 2. The number of para-hydroxylation sites is 1. The lowest BCUT2D eigenvalue weighted by molar-refractivity contribution is -0.115. The Bertz CT molecular complexity index is 1160. The van der Waals surface area contributed by atoms with Gasteiger partial charge in [0.2, 0.25) is 0 Å². The topological polar surface area (TPSA) is 53.1 Å². The summed E-state index contributed by atoms with van der Waals surface area (Å²) < 4.78 is 5.59. The Labute approximate surface area is 202 Å². The number of rotatable bonds is 8. The van der Waals surface area contributed by atoms with Crippen LogP contribution >= 0.6 is 24.0 Å². The molecule has 0 N–H and O–H groups in total. The van der Waals surface area contributed by atoms with Crippen molar-refractivity contribution in [2.24, 2.45) is 0 Å². The van der Waals surface area contributed by atoms with Crippen molar-refractivity contribution in [1.82, 2.24) is 4.90 Å². The molecule has 2 heterocycles. The average Bonchev–Trinajstić information content (AvgIpc) is 3.26. The van der Waals surface area contributed by atoms with Crippen LogP contribution in [-0.4, -0.2) is 47.9 Å². The van der Waals surface area contributed by atoms with Crippen molar-refractivity contribution >= 4 is 57.1 Å². The summed E-state index contributed by atoms with van der Waals surface area (Å²) in [5, 5.41) is 0. The third-order valence-corrected chi connectivity index (χ3v) is 6.74. The van der Waals surface area contributed by atoms with Gasteiger partial charge in [0, 0.05) is 18.7 Å². The normalized spacial score (nSPS) is 17.7. The number of ether oxygens (including phenoxy) is 1. The molecular weight excluding hydrogens is 454 g/mol. The van der Waals surface area contributed by atoms with Crippen LogP contribution in [0.4, 0.5) is 11.4 Å². The Balaban J connectivity index is 1.73. The lowest BCUT2D eigenvalue weighted by atomic mass is 10.1. The van der Waals surface area contributed by atoms with Gasteiger partial charge in [0.1, 0.15) is 5.75 Å². The highest BCUT2D eigenvalue weighted by molar-refractivity contribution is 8.27. The van der Waals surface area contributed by atoms with Crippen LogP contribution in [0.15, 0.2) is 78.7 Å². The van der Waals surface area contributed by atoms with Crippen molar-refractivity contribution in [1.29, 1.82) is 0 Å². The van der Waals surface area contributed by atoms with Crippen LogP contribution in [0.2, 0.25) is 0 Å². The quantitative estimate of drug-likeness (QED) is 0.318. The first-order chi connectivity index (χ1) is 16.0. The predicted molar refractivity (Wildman–Crippen MR) is 138 cm³/mol. The van der Waals surface area contributed by atoms with E-state index in [9.17, 15) is 9.59 Å². The number of fused-ring (bicyclic) bond motifs is 1. The van der Waals surface area contributed by atoms with E-state index in [1.807, 2.05) is 29.2 Å². The first-order valence-corrected chi connectivity index (χ1v) is 11.5. The lowest BCUT2D eigenvalue weighted by Gasteiger charge is -2.26. The van der Waals surface area contributed by atoms with E-state index in [4.69, 9.17) is 17.0 Å². The SMILES string of the molecule is C=CCN(CC=C)CN1C(=O)/C(=C2\SC(=S)N(c3ccc(OC)cc3)C2=O)c2ccccc21. The summed E-state index contributed by atoms with van der Waals surface area (Å²) in [5.74, 6) is 0.162. The predicted octanol–water partition coefficient (Wildman–Crippen LogP) is 4.45. The van der Waals surface area contributed by atoms with Gasteiger partial charge in [-0.1, -0.05) is 54.3 Å². The number of thioether (sulfide) groups is 1. The largest absolute Gasteiger partial charge is 0.497 e. The zero-order chi connectivity index (χ0) is 23.5. The standard InChI is InChI=1S/C25H23N3O3S2/c1-4-14-26(15-5-2)16-27-20-9-7-6-8-19(20)21(23(27)29)22-24(30)28(25(32)33-22)17-10-12-18(31-3)13-11-17/h4-13H,1-2,14-16H2,3H3/b22-21-. The number of amides is 2. The molecule has 0 aromatic heterocycles. The molecule has 2 aliphatic heterocycles. The van der Waals surface area contributed by atoms with E-state index in [-0.39, 0.29) is 11.8 Å². The van der Waals surface area contributed by atoms with Crippen molar-refractivity contribution in [2.75, 3.05) is 36.7 Å². The van der Waals surface area contributed by atoms with Gasteiger partial charge in [0.15, 0.2) is 4.32 Å². The zero-order valence-corrected chi connectivity index (χ0v) is 19.8. The Kier molecular flexibility index (Phi) is 6.78. The average molecular weight is 478 g/mol. The van der Waals surface area contributed by atoms with Crippen LogP contribution in [-0.2, 0) is 9.59 Å². The number of nitrogens with zero attached hydrogens (tertiary/aromatic N) is 3. The molecule has 0 spiro atoms. The maximum absolute atomic E-state index is 13.6. The fourth-order valence-electron chi connectivity index (χ4n) is 3.87. The number of anilines is 2. The fourth-order valence-corrected chi connectivity index (χ4v) is 5.24. The van der Waals surface area contributed by atoms with E-state index < -0.39 is 0 Å². The van der Waals surface area contributed by atoms with E-state index in [1.54, 1.807) is 48.4 Å². The molecule has 0 bridgehead atoms. The first kappa shape index (κ1) is 23.0. The second-order valence-corrected chi connectivity index (χ2v) is 9.06. The molecule has 33 heavy (non-hydrogen) atoms. The fraction of sp³-hybridized carbons (Fsp3) is 0.160. The summed E-state index contributed by atoms with van der Waals surface area (Å²) in [6.07, 6.45) is 3.58. The van der Waals surface area contributed by atoms with Gasteiger partial charge in [-0.25, -0.2) is 0 Å². The molecule has 1 fully saturated rings. The second-order valence-electron chi connectivity index (χ2n) is 7.42. The monoisotopic (exact) mass is 477 g/mol. The number of thiocarbonyl (C=S) groups is 1. The third kappa shape index (κ3) is 4.25. The molecule has 0 unspecified atom stereocenters. The van der Waals surface area contributed by atoms with E-state index in [2.05, 4.69) is 13.2 Å². The van der Waals surface area contributed by atoms with Gasteiger partial charge >= 0.3 is 0 Å². The van der Waals surface area contributed by atoms with Gasteiger partial charge < -0.3 is 4.74 Å². The van der Waals surface area contributed by atoms with Crippen LogP contribution in [0.5, 0.6) is 5.75 Å². The Morgan fingerprint density at radius 1 is 1.03 bits per heavy atom. The van der Waals surface area contributed by atoms with Gasteiger partial charge in [0.05, 0.1) is 35.6 Å². The van der Waals surface area contributed by atoms with Crippen LogP contribution < -0.4 is 14.5 Å². The summed E-state index contributed by atoms with van der Waals surface area (Å²) >= 11 is 6.68. The maximum Gasteiger partial charge on any atom is 0.271 e. The van der Waals surface area contributed by atoms with Crippen LogP contribution in [0.1, 0.15) is 5.56 Å². The molecule has 2 amide bonds. The van der Waals surface area contributed by atoms with Gasteiger partial charge in [-0.3, -0.25) is 24.3 Å². The minimum absolute atomic E-state index is 0.218.